The SMILES string of the molecule is COc1cccc2c1OC[C@@H](C(=O)N1CCN(C3CCSCC3)CC1)C2. The summed E-state index contributed by atoms with van der Waals surface area (Å²) < 4.78 is 11.3. The van der Waals surface area contributed by atoms with E-state index in [4.69, 9.17) is 9.47 Å². The first-order valence-corrected chi connectivity index (χ1v) is 10.8. The number of fused-ring (bicyclic) bond motifs is 1. The summed E-state index contributed by atoms with van der Waals surface area (Å²) in [6.07, 6.45) is 3.34. The van der Waals surface area contributed by atoms with Crippen LogP contribution in [-0.4, -0.2) is 73.2 Å². The lowest BCUT2D eigenvalue weighted by atomic mass is 9.95. The van der Waals surface area contributed by atoms with Crippen LogP contribution >= 0.6 is 11.8 Å². The van der Waals surface area contributed by atoms with Gasteiger partial charge in [-0.1, -0.05) is 12.1 Å². The van der Waals surface area contributed by atoms with Gasteiger partial charge in [-0.05, 0) is 42.4 Å². The van der Waals surface area contributed by atoms with Gasteiger partial charge in [0.15, 0.2) is 11.5 Å². The summed E-state index contributed by atoms with van der Waals surface area (Å²) in [5.74, 6) is 4.30. The minimum Gasteiger partial charge on any atom is -0.493 e. The molecule has 6 heteroatoms. The molecule has 5 nitrogen and oxygen atoms in total. The maximum atomic E-state index is 13.0. The number of benzene rings is 1. The highest BCUT2D eigenvalue weighted by molar-refractivity contribution is 7.99. The topological polar surface area (TPSA) is 42.0 Å². The fourth-order valence-electron chi connectivity index (χ4n) is 4.33. The molecule has 0 saturated carbocycles. The van der Waals surface area contributed by atoms with Gasteiger partial charge in [0.05, 0.1) is 13.0 Å². The van der Waals surface area contributed by atoms with Gasteiger partial charge in [0.2, 0.25) is 5.91 Å². The lowest BCUT2D eigenvalue weighted by Gasteiger charge is -2.41. The Labute approximate surface area is 160 Å². The van der Waals surface area contributed by atoms with E-state index in [1.54, 1.807) is 7.11 Å². The Hall–Kier alpha value is -1.40. The predicted octanol–water partition coefficient (Wildman–Crippen LogP) is 2.29. The van der Waals surface area contributed by atoms with Crippen molar-refractivity contribution in [2.24, 2.45) is 5.92 Å². The van der Waals surface area contributed by atoms with Gasteiger partial charge in [0.25, 0.3) is 0 Å². The summed E-state index contributed by atoms with van der Waals surface area (Å²) in [5.41, 5.74) is 1.08. The molecule has 0 unspecified atom stereocenters. The number of thioether (sulfide) groups is 1. The summed E-state index contributed by atoms with van der Waals surface area (Å²) in [6, 6.07) is 6.64. The Morgan fingerprint density at radius 3 is 2.69 bits per heavy atom. The molecule has 3 heterocycles. The predicted molar refractivity (Wildman–Crippen MR) is 104 cm³/mol. The zero-order chi connectivity index (χ0) is 17.9. The molecule has 1 amide bonds. The first kappa shape index (κ1) is 18.0. The molecule has 1 atom stereocenters. The maximum Gasteiger partial charge on any atom is 0.229 e. The molecule has 4 rings (SSSR count). The second-order valence-electron chi connectivity index (χ2n) is 7.37. The Morgan fingerprint density at radius 1 is 1.19 bits per heavy atom. The molecule has 1 aromatic carbocycles. The molecule has 0 bridgehead atoms. The Kier molecular flexibility index (Phi) is 5.60. The van der Waals surface area contributed by atoms with Gasteiger partial charge in [-0.25, -0.2) is 0 Å². The van der Waals surface area contributed by atoms with Crippen LogP contribution < -0.4 is 9.47 Å². The van der Waals surface area contributed by atoms with Gasteiger partial charge in [-0.3, -0.25) is 9.69 Å². The van der Waals surface area contributed by atoms with Crippen molar-refractivity contribution in [2.45, 2.75) is 25.3 Å². The monoisotopic (exact) mass is 376 g/mol. The number of para-hydroxylation sites is 1. The average molecular weight is 377 g/mol. The summed E-state index contributed by atoms with van der Waals surface area (Å²) >= 11 is 2.07. The van der Waals surface area contributed by atoms with Crippen LogP contribution in [0.4, 0.5) is 0 Å². The molecule has 3 aliphatic heterocycles. The quantitative estimate of drug-likeness (QED) is 0.810. The van der Waals surface area contributed by atoms with Crippen LogP contribution in [0.1, 0.15) is 18.4 Å². The molecule has 0 radical (unpaired) electrons. The van der Waals surface area contributed by atoms with E-state index in [2.05, 4.69) is 16.7 Å². The largest absolute Gasteiger partial charge is 0.493 e. The van der Waals surface area contributed by atoms with Crippen LogP contribution in [0, 0.1) is 5.92 Å². The molecule has 0 N–H and O–H groups in total. The number of ether oxygens (including phenoxy) is 2. The van der Waals surface area contributed by atoms with Crippen molar-refractivity contribution in [3.8, 4) is 11.5 Å². The van der Waals surface area contributed by atoms with E-state index in [1.807, 2.05) is 23.1 Å². The van der Waals surface area contributed by atoms with Crippen molar-refractivity contribution in [3.63, 3.8) is 0 Å². The molecular weight excluding hydrogens is 348 g/mol. The van der Waals surface area contributed by atoms with Gasteiger partial charge in [0, 0.05) is 32.2 Å². The minimum absolute atomic E-state index is 0.0766. The molecule has 3 aliphatic rings. The molecule has 1 aromatic rings. The molecule has 142 valence electrons. The fourth-order valence-corrected chi connectivity index (χ4v) is 5.41. The van der Waals surface area contributed by atoms with Crippen LogP contribution in [0.3, 0.4) is 0 Å². The van der Waals surface area contributed by atoms with Crippen LogP contribution in [0.25, 0.3) is 0 Å². The van der Waals surface area contributed by atoms with E-state index < -0.39 is 0 Å². The zero-order valence-corrected chi connectivity index (χ0v) is 16.3. The van der Waals surface area contributed by atoms with Gasteiger partial charge < -0.3 is 14.4 Å². The van der Waals surface area contributed by atoms with Gasteiger partial charge >= 0.3 is 0 Å². The summed E-state index contributed by atoms with van der Waals surface area (Å²) in [6.45, 7) is 4.18. The number of hydrogen-bond acceptors (Lipinski definition) is 5. The number of nitrogens with zero attached hydrogens (tertiary/aromatic N) is 2. The average Bonchev–Trinajstić information content (AvgIpc) is 2.73. The summed E-state index contributed by atoms with van der Waals surface area (Å²) in [4.78, 5) is 17.6. The van der Waals surface area contributed by atoms with Crippen molar-refractivity contribution in [2.75, 3.05) is 51.4 Å². The number of hydrogen-bond donors (Lipinski definition) is 0. The van der Waals surface area contributed by atoms with Crippen LogP contribution in [0.2, 0.25) is 0 Å². The number of amides is 1. The van der Waals surface area contributed by atoms with E-state index in [9.17, 15) is 4.79 Å². The van der Waals surface area contributed by atoms with E-state index in [0.717, 1.165) is 55.7 Å². The highest BCUT2D eigenvalue weighted by atomic mass is 32.2. The number of rotatable bonds is 3. The van der Waals surface area contributed by atoms with E-state index in [-0.39, 0.29) is 11.8 Å². The number of piperazine rings is 1. The van der Waals surface area contributed by atoms with E-state index >= 15 is 0 Å². The van der Waals surface area contributed by atoms with Crippen LogP contribution in [0.5, 0.6) is 11.5 Å². The first-order valence-electron chi connectivity index (χ1n) is 9.65. The normalized spacial score (nSPS) is 24.7. The molecule has 26 heavy (non-hydrogen) atoms. The highest BCUT2D eigenvalue weighted by Gasteiger charge is 2.33. The second kappa shape index (κ2) is 8.09. The van der Waals surface area contributed by atoms with Crippen molar-refractivity contribution in [1.82, 2.24) is 9.80 Å². The van der Waals surface area contributed by atoms with Crippen molar-refractivity contribution in [1.29, 1.82) is 0 Å². The Bertz CT molecular complexity index is 640. The number of methoxy groups -OCH3 is 1. The molecule has 2 fully saturated rings. The minimum atomic E-state index is -0.0766. The zero-order valence-electron chi connectivity index (χ0n) is 15.5. The van der Waals surface area contributed by atoms with Gasteiger partial charge in [0.1, 0.15) is 6.61 Å². The highest BCUT2D eigenvalue weighted by Crippen LogP contribution is 2.36. The molecule has 0 aliphatic carbocycles. The Morgan fingerprint density at radius 2 is 1.96 bits per heavy atom. The maximum absolute atomic E-state index is 13.0. The number of carbonyl (C=O) groups is 1. The van der Waals surface area contributed by atoms with Gasteiger partial charge in [-0.2, -0.15) is 11.8 Å². The first-order chi connectivity index (χ1) is 12.8. The third kappa shape index (κ3) is 3.67. The van der Waals surface area contributed by atoms with Crippen molar-refractivity contribution < 1.29 is 14.3 Å². The van der Waals surface area contributed by atoms with Crippen LogP contribution in [-0.2, 0) is 11.2 Å². The van der Waals surface area contributed by atoms with Gasteiger partial charge in [-0.15, -0.1) is 0 Å². The molecule has 2 saturated heterocycles. The van der Waals surface area contributed by atoms with Crippen molar-refractivity contribution >= 4 is 17.7 Å². The second-order valence-corrected chi connectivity index (χ2v) is 8.59. The molecular formula is C20H28N2O3S. The van der Waals surface area contributed by atoms with Crippen molar-refractivity contribution in [3.05, 3.63) is 23.8 Å². The van der Waals surface area contributed by atoms with Crippen LogP contribution in [0.15, 0.2) is 18.2 Å². The van der Waals surface area contributed by atoms with E-state index in [1.165, 1.54) is 24.3 Å². The smallest absolute Gasteiger partial charge is 0.229 e. The summed E-state index contributed by atoms with van der Waals surface area (Å²) in [7, 11) is 1.65. The Balaban J connectivity index is 1.34. The lowest BCUT2D eigenvalue weighted by molar-refractivity contribution is -0.139. The number of carbonyl (C=O) groups excluding carboxylic acids is 1. The third-order valence-electron chi connectivity index (χ3n) is 5.86. The molecule has 0 spiro atoms. The standard InChI is InChI=1S/C20H28N2O3S/c1-24-18-4-2-3-15-13-16(14-25-19(15)18)20(23)22-9-7-21(8-10-22)17-5-11-26-12-6-17/h2-4,16-17H,5-14H2,1H3/t16-/m0/s1. The third-order valence-corrected chi connectivity index (χ3v) is 6.91. The van der Waals surface area contributed by atoms with E-state index in [0.29, 0.717) is 6.61 Å². The summed E-state index contributed by atoms with van der Waals surface area (Å²) in [5, 5.41) is 0. The fraction of sp³-hybridized carbons (Fsp3) is 0.650. The lowest BCUT2D eigenvalue weighted by Crippen LogP contribution is -2.54. The molecule has 0 aromatic heterocycles.